The zero-order chi connectivity index (χ0) is 12.3. The SMILES string of the molecule is Nc1nnc(C(=O)N2CCCC2CCCO)s1. The van der Waals surface area contributed by atoms with E-state index in [2.05, 4.69) is 10.2 Å². The number of carbonyl (C=O) groups is 1. The second-order valence-corrected chi connectivity index (χ2v) is 5.11. The molecule has 3 N–H and O–H groups in total. The summed E-state index contributed by atoms with van der Waals surface area (Å²) < 4.78 is 0. The molecule has 7 heteroatoms. The average molecular weight is 256 g/mol. The summed E-state index contributed by atoms with van der Waals surface area (Å²) in [7, 11) is 0. The molecular formula is C10H16N4O2S. The zero-order valence-electron chi connectivity index (χ0n) is 9.50. The molecule has 0 bridgehead atoms. The van der Waals surface area contributed by atoms with Crippen LogP contribution in [-0.4, -0.2) is 45.3 Å². The minimum Gasteiger partial charge on any atom is -0.396 e. The maximum atomic E-state index is 12.1. The predicted molar refractivity (Wildman–Crippen MR) is 64.7 cm³/mol. The number of rotatable bonds is 4. The van der Waals surface area contributed by atoms with E-state index in [-0.39, 0.29) is 18.6 Å². The van der Waals surface area contributed by atoms with E-state index < -0.39 is 0 Å². The number of aromatic nitrogens is 2. The van der Waals surface area contributed by atoms with Gasteiger partial charge in [0.2, 0.25) is 10.1 Å². The van der Waals surface area contributed by atoms with Gasteiger partial charge < -0.3 is 15.7 Å². The third-order valence-corrected chi connectivity index (χ3v) is 3.70. The smallest absolute Gasteiger partial charge is 0.285 e. The summed E-state index contributed by atoms with van der Waals surface area (Å²) in [4.78, 5) is 14.0. The maximum Gasteiger partial charge on any atom is 0.285 e. The van der Waals surface area contributed by atoms with Gasteiger partial charge in [0, 0.05) is 19.2 Å². The first-order valence-corrected chi connectivity index (χ1v) is 6.55. The minimum atomic E-state index is -0.0837. The number of nitrogens with zero attached hydrogens (tertiary/aromatic N) is 3. The Balaban J connectivity index is 2.03. The first kappa shape index (κ1) is 12.3. The van der Waals surface area contributed by atoms with Crippen LogP contribution >= 0.6 is 11.3 Å². The van der Waals surface area contributed by atoms with Gasteiger partial charge in [-0.2, -0.15) is 0 Å². The highest BCUT2D eigenvalue weighted by atomic mass is 32.1. The van der Waals surface area contributed by atoms with Gasteiger partial charge in [0.25, 0.3) is 5.91 Å². The Labute approximate surface area is 103 Å². The van der Waals surface area contributed by atoms with Crippen LogP contribution in [-0.2, 0) is 0 Å². The lowest BCUT2D eigenvalue weighted by molar-refractivity contribution is 0.0723. The van der Waals surface area contributed by atoms with E-state index in [0.29, 0.717) is 10.1 Å². The Bertz CT molecular complexity index is 395. The van der Waals surface area contributed by atoms with Gasteiger partial charge in [-0.3, -0.25) is 4.79 Å². The Kier molecular flexibility index (Phi) is 3.90. The Morgan fingerprint density at radius 3 is 3.06 bits per heavy atom. The van der Waals surface area contributed by atoms with Crippen molar-refractivity contribution in [3.8, 4) is 0 Å². The quantitative estimate of drug-likeness (QED) is 0.818. The zero-order valence-corrected chi connectivity index (χ0v) is 10.3. The number of hydrogen-bond donors (Lipinski definition) is 2. The minimum absolute atomic E-state index is 0.0837. The number of aliphatic hydroxyl groups is 1. The molecule has 1 fully saturated rings. The van der Waals surface area contributed by atoms with Crippen LogP contribution in [0.25, 0.3) is 0 Å². The third-order valence-electron chi connectivity index (χ3n) is 2.96. The summed E-state index contributed by atoms with van der Waals surface area (Å²) in [5.74, 6) is -0.0837. The highest BCUT2D eigenvalue weighted by Crippen LogP contribution is 2.24. The number of amides is 1. The van der Waals surface area contributed by atoms with Gasteiger partial charge in [-0.25, -0.2) is 0 Å². The molecule has 1 saturated heterocycles. The van der Waals surface area contributed by atoms with Crippen molar-refractivity contribution in [3.05, 3.63) is 5.01 Å². The second-order valence-electron chi connectivity index (χ2n) is 4.11. The van der Waals surface area contributed by atoms with Gasteiger partial charge in [0.1, 0.15) is 0 Å². The first-order valence-electron chi connectivity index (χ1n) is 5.73. The van der Waals surface area contributed by atoms with E-state index in [1.54, 1.807) is 0 Å². The molecule has 1 aliphatic rings. The van der Waals surface area contributed by atoms with Crippen molar-refractivity contribution in [1.82, 2.24) is 15.1 Å². The number of anilines is 1. The van der Waals surface area contributed by atoms with E-state index in [9.17, 15) is 4.79 Å². The van der Waals surface area contributed by atoms with Crippen molar-refractivity contribution in [2.75, 3.05) is 18.9 Å². The fourth-order valence-corrected chi connectivity index (χ4v) is 2.74. The summed E-state index contributed by atoms with van der Waals surface area (Å²) >= 11 is 1.12. The molecule has 1 unspecified atom stereocenters. The Hall–Kier alpha value is -1.21. The number of aliphatic hydroxyl groups excluding tert-OH is 1. The number of carbonyl (C=O) groups excluding carboxylic acids is 1. The molecule has 1 atom stereocenters. The summed E-state index contributed by atoms with van der Waals surface area (Å²) in [6.07, 6.45) is 3.58. The third kappa shape index (κ3) is 2.73. The van der Waals surface area contributed by atoms with Gasteiger partial charge in [-0.1, -0.05) is 11.3 Å². The second kappa shape index (κ2) is 5.42. The predicted octanol–water partition coefficient (Wildman–Crippen LogP) is 0.497. The van der Waals surface area contributed by atoms with Gasteiger partial charge in [-0.05, 0) is 25.7 Å². The molecular weight excluding hydrogens is 240 g/mol. The lowest BCUT2D eigenvalue weighted by Crippen LogP contribution is -2.35. The van der Waals surface area contributed by atoms with Crippen molar-refractivity contribution in [2.24, 2.45) is 0 Å². The molecule has 1 aromatic rings. The molecule has 2 heterocycles. The van der Waals surface area contributed by atoms with E-state index >= 15 is 0 Å². The summed E-state index contributed by atoms with van der Waals surface area (Å²) in [5, 5.41) is 16.9. The van der Waals surface area contributed by atoms with Crippen molar-refractivity contribution in [3.63, 3.8) is 0 Å². The van der Waals surface area contributed by atoms with Crippen molar-refractivity contribution in [1.29, 1.82) is 0 Å². The first-order chi connectivity index (χ1) is 8.22. The Morgan fingerprint density at radius 1 is 1.59 bits per heavy atom. The van der Waals surface area contributed by atoms with Crippen molar-refractivity contribution < 1.29 is 9.90 Å². The molecule has 1 aliphatic heterocycles. The lowest BCUT2D eigenvalue weighted by Gasteiger charge is -2.23. The number of hydrogen-bond acceptors (Lipinski definition) is 6. The van der Waals surface area contributed by atoms with E-state index in [1.165, 1.54) is 0 Å². The maximum absolute atomic E-state index is 12.1. The van der Waals surface area contributed by atoms with E-state index in [0.717, 1.165) is 43.6 Å². The molecule has 0 radical (unpaired) electrons. The summed E-state index contributed by atoms with van der Waals surface area (Å²) in [6.45, 7) is 0.929. The van der Waals surface area contributed by atoms with Crippen LogP contribution in [0.2, 0.25) is 0 Å². The normalized spacial score (nSPS) is 19.8. The van der Waals surface area contributed by atoms with Crippen LogP contribution < -0.4 is 5.73 Å². The summed E-state index contributed by atoms with van der Waals surface area (Å²) in [5.41, 5.74) is 5.47. The number of likely N-dealkylation sites (tertiary alicyclic amines) is 1. The van der Waals surface area contributed by atoms with Crippen LogP contribution in [0.1, 0.15) is 35.5 Å². The van der Waals surface area contributed by atoms with Crippen molar-refractivity contribution in [2.45, 2.75) is 31.7 Å². The monoisotopic (exact) mass is 256 g/mol. The standard InChI is InChI=1S/C10H16N4O2S/c11-10-13-12-8(17-10)9(16)14-5-1-3-7(14)4-2-6-15/h7,15H,1-6H2,(H2,11,13). The molecule has 0 spiro atoms. The van der Waals surface area contributed by atoms with Crippen LogP contribution in [0.15, 0.2) is 0 Å². The van der Waals surface area contributed by atoms with E-state index in [4.69, 9.17) is 10.8 Å². The molecule has 2 rings (SSSR count). The fraction of sp³-hybridized carbons (Fsp3) is 0.700. The molecule has 0 aliphatic carbocycles. The number of nitrogen functional groups attached to an aromatic ring is 1. The highest BCUT2D eigenvalue weighted by Gasteiger charge is 2.30. The van der Waals surface area contributed by atoms with Crippen molar-refractivity contribution >= 4 is 22.4 Å². The van der Waals surface area contributed by atoms with Gasteiger partial charge in [0.05, 0.1) is 0 Å². The largest absolute Gasteiger partial charge is 0.396 e. The molecule has 94 valence electrons. The van der Waals surface area contributed by atoms with Crippen LogP contribution in [0, 0.1) is 0 Å². The van der Waals surface area contributed by atoms with Gasteiger partial charge in [-0.15, -0.1) is 10.2 Å². The highest BCUT2D eigenvalue weighted by molar-refractivity contribution is 7.16. The van der Waals surface area contributed by atoms with Crippen LogP contribution in [0.4, 0.5) is 5.13 Å². The number of nitrogens with two attached hydrogens (primary N) is 1. The molecule has 0 aromatic carbocycles. The molecule has 1 amide bonds. The molecule has 6 nitrogen and oxygen atoms in total. The topological polar surface area (TPSA) is 92.3 Å². The van der Waals surface area contributed by atoms with Crippen LogP contribution in [0.5, 0.6) is 0 Å². The molecule has 17 heavy (non-hydrogen) atoms. The Morgan fingerprint density at radius 2 is 2.41 bits per heavy atom. The van der Waals surface area contributed by atoms with E-state index in [1.807, 2.05) is 4.90 Å². The van der Waals surface area contributed by atoms with Crippen LogP contribution in [0.3, 0.4) is 0 Å². The fourth-order valence-electron chi connectivity index (χ4n) is 2.17. The lowest BCUT2D eigenvalue weighted by atomic mass is 10.1. The van der Waals surface area contributed by atoms with Gasteiger partial charge in [0.15, 0.2) is 0 Å². The average Bonchev–Trinajstić information content (AvgIpc) is 2.94. The molecule has 0 saturated carbocycles. The molecule has 1 aromatic heterocycles. The summed E-state index contributed by atoms with van der Waals surface area (Å²) in [6, 6.07) is 0.222. The van der Waals surface area contributed by atoms with Gasteiger partial charge >= 0.3 is 0 Å².